The van der Waals surface area contributed by atoms with Gasteiger partial charge in [0.15, 0.2) is 5.75 Å². The van der Waals surface area contributed by atoms with Gasteiger partial charge >= 0.3 is 0 Å². The summed E-state index contributed by atoms with van der Waals surface area (Å²) in [5.74, 6) is -0.179. The summed E-state index contributed by atoms with van der Waals surface area (Å²) in [7, 11) is 3.56. The van der Waals surface area contributed by atoms with Crippen LogP contribution in [0, 0.1) is 0 Å². The first kappa shape index (κ1) is 9.96. The minimum absolute atomic E-state index is 0.179. The van der Waals surface area contributed by atoms with Gasteiger partial charge in [0.1, 0.15) is 0 Å². The highest BCUT2D eigenvalue weighted by Crippen LogP contribution is 2.31. The molecule has 4 heteroatoms. The average molecular weight is 228 g/mol. The van der Waals surface area contributed by atoms with Crippen LogP contribution in [-0.4, -0.2) is 14.2 Å². The number of aromatic hydroxyl groups is 1. The van der Waals surface area contributed by atoms with Crippen LogP contribution < -0.4 is 5.56 Å². The third-order valence-electron chi connectivity index (χ3n) is 3.23. The van der Waals surface area contributed by atoms with Crippen molar-refractivity contribution in [1.29, 1.82) is 0 Å². The zero-order valence-corrected chi connectivity index (χ0v) is 9.64. The molecule has 0 amide bonds. The summed E-state index contributed by atoms with van der Waals surface area (Å²) in [6.07, 6.45) is 1.75. The van der Waals surface area contributed by atoms with Crippen molar-refractivity contribution in [3.63, 3.8) is 0 Å². The lowest BCUT2D eigenvalue weighted by Crippen LogP contribution is -2.15. The number of hydrogen-bond donors (Lipinski definition) is 1. The van der Waals surface area contributed by atoms with E-state index in [1.165, 1.54) is 4.57 Å². The first-order valence-electron chi connectivity index (χ1n) is 5.37. The van der Waals surface area contributed by atoms with Gasteiger partial charge < -0.3 is 14.2 Å². The van der Waals surface area contributed by atoms with E-state index in [0.717, 1.165) is 16.4 Å². The molecule has 2 heterocycles. The highest BCUT2D eigenvalue weighted by molar-refractivity contribution is 6.10. The number of benzene rings is 1. The minimum Gasteiger partial charge on any atom is -0.503 e. The van der Waals surface area contributed by atoms with E-state index in [9.17, 15) is 9.90 Å². The van der Waals surface area contributed by atoms with E-state index in [-0.39, 0.29) is 11.3 Å². The fourth-order valence-corrected chi connectivity index (χ4v) is 2.33. The molecule has 0 bridgehead atoms. The van der Waals surface area contributed by atoms with Crippen molar-refractivity contribution in [1.82, 2.24) is 9.13 Å². The summed E-state index contributed by atoms with van der Waals surface area (Å²) < 4.78 is 3.38. The lowest BCUT2D eigenvalue weighted by molar-refractivity contribution is 0.468. The summed E-state index contributed by atoms with van der Waals surface area (Å²) in [6, 6.07) is 7.73. The molecule has 1 aromatic carbocycles. The van der Waals surface area contributed by atoms with Crippen LogP contribution in [0.15, 0.2) is 35.3 Å². The SMILES string of the molecule is Cn1cc2c(c(O)c1=O)c1ccccc1n2C. The van der Waals surface area contributed by atoms with Crippen molar-refractivity contribution >= 4 is 21.8 Å². The first-order chi connectivity index (χ1) is 8.11. The highest BCUT2D eigenvalue weighted by Gasteiger charge is 2.14. The van der Waals surface area contributed by atoms with E-state index in [1.54, 1.807) is 13.2 Å². The molecule has 4 nitrogen and oxygen atoms in total. The van der Waals surface area contributed by atoms with E-state index in [4.69, 9.17) is 0 Å². The van der Waals surface area contributed by atoms with Crippen molar-refractivity contribution in [2.75, 3.05) is 0 Å². The van der Waals surface area contributed by atoms with Gasteiger partial charge in [-0.3, -0.25) is 4.79 Å². The van der Waals surface area contributed by atoms with Crippen molar-refractivity contribution in [3.8, 4) is 5.75 Å². The zero-order chi connectivity index (χ0) is 12.2. The lowest BCUT2D eigenvalue weighted by Gasteiger charge is -2.02. The Bertz CT molecular complexity index is 796. The number of pyridine rings is 1. The van der Waals surface area contributed by atoms with Crippen molar-refractivity contribution in [2.24, 2.45) is 14.1 Å². The second-order valence-electron chi connectivity index (χ2n) is 4.23. The molecule has 86 valence electrons. The maximum atomic E-state index is 11.7. The second-order valence-corrected chi connectivity index (χ2v) is 4.23. The van der Waals surface area contributed by atoms with Crippen LogP contribution in [0.1, 0.15) is 0 Å². The summed E-state index contributed by atoms with van der Waals surface area (Å²) in [5.41, 5.74) is 1.49. The molecule has 2 aromatic heterocycles. The second kappa shape index (κ2) is 3.13. The van der Waals surface area contributed by atoms with Crippen molar-refractivity contribution in [2.45, 2.75) is 0 Å². The molecular formula is C13H12N2O2. The van der Waals surface area contributed by atoms with E-state index < -0.39 is 0 Å². The Hall–Kier alpha value is -2.23. The van der Waals surface area contributed by atoms with Crippen LogP contribution in [0.3, 0.4) is 0 Å². The number of para-hydroxylation sites is 1. The molecule has 3 rings (SSSR count). The largest absolute Gasteiger partial charge is 0.503 e. The fourth-order valence-electron chi connectivity index (χ4n) is 2.33. The molecule has 0 saturated heterocycles. The van der Waals surface area contributed by atoms with Gasteiger partial charge in [-0.1, -0.05) is 18.2 Å². The first-order valence-corrected chi connectivity index (χ1v) is 5.37. The summed E-state index contributed by atoms with van der Waals surface area (Å²) >= 11 is 0. The summed E-state index contributed by atoms with van der Waals surface area (Å²) in [4.78, 5) is 11.7. The van der Waals surface area contributed by atoms with Gasteiger partial charge in [-0.2, -0.15) is 0 Å². The van der Waals surface area contributed by atoms with Crippen LogP contribution in [0.5, 0.6) is 5.75 Å². The van der Waals surface area contributed by atoms with Gasteiger partial charge in [-0.05, 0) is 6.07 Å². The number of rotatable bonds is 0. The lowest BCUT2D eigenvalue weighted by atomic mass is 10.2. The normalized spacial score (nSPS) is 11.4. The van der Waals surface area contributed by atoms with Crippen LogP contribution in [0.4, 0.5) is 0 Å². The standard InChI is InChI=1S/C13H12N2O2/c1-14-7-10-11(12(16)13(14)17)8-5-3-4-6-9(8)15(10)2/h3-7,16H,1-2H3. The number of aromatic nitrogens is 2. The zero-order valence-electron chi connectivity index (χ0n) is 9.64. The minimum atomic E-state index is -0.367. The summed E-state index contributed by atoms with van der Waals surface area (Å²) in [5, 5.41) is 11.5. The maximum absolute atomic E-state index is 11.7. The third-order valence-corrected chi connectivity index (χ3v) is 3.23. The Kier molecular flexibility index (Phi) is 1.84. The topological polar surface area (TPSA) is 47.2 Å². The Morgan fingerprint density at radius 3 is 2.59 bits per heavy atom. The Morgan fingerprint density at radius 2 is 1.82 bits per heavy atom. The average Bonchev–Trinajstić information content (AvgIpc) is 2.61. The molecule has 3 aromatic rings. The van der Waals surface area contributed by atoms with Gasteiger partial charge in [-0.15, -0.1) is 0 Å². The molecule has 0 fully saturated rings. The van der Waals surface area contributed by atoms with E-state index in [1.807, 2.05) is 35.9 Å². The quantitative estimate of drug-likeness (QED) is 0.637. The molecule has 0 radical (unpaired) electrons. The number of hydrogen-bond acceptors (Lipinski definition) is 2. The number of aryl methyl sites for hydroxylation is 2. The molecule has 0 saturated carbocycles. The predicted octanol–water partition coefficient (Wildman–Crippen LogP) is 1.74. The molecular weight excluding hydrogens is 216 g/mol. The number of fused-ring (bicyclic) bond motifs is 3. The Labute approximate surface area is 97.3 Å². The molecule has 0 spiro atoms. The Morgan fingerprint density at radius 1 is 1.12 bits per heavy atom. The third kappa shape index (κ3) is 1.15. The van der Waals surface area contributed by atoms with Crippen molar-refractivity contribution in [3.05, 3.63) is 40.8 Å². The predicted molar refractivity (Wildman–Crippen MR) is 67.3 cm³/mol. The molecule has 0 aliphatic heterocycles. The molecule has 0 atom stereocenters. The van der Waals surface area contributed by atoms with E-state index >= 15 is 0 Å². The smallest absolute Gasteiger partial charge is 0.293 e. The van der Waals surface area contributed by atoms with Gasteiger partial charge in [0.2, 0.25) is 0 Å². The highest BCUT2D eigenvalue weighted by atomic mass is 16.3. The molecule has 0 aliphatic carbocycles. The molecule has 17 heavy (non-hydrogen) atoms. The van der Waals surface area contributed by atoms with Crippen LogP contribution in [-0.2, 0) is 14.1 Å². The molecule has 0 aliphatic rings. The van der Waals surface area contributed by atoms with Crippen LogP contribution in [0.2, 0.25) is 0 Å². The van der Waals surface area contributed by atoms with Crippen LogP contribution >= 0.6 is 0 Å². The fraction of sp³-hybridized carbons (Fsp3) is 0.154. The van der Waals surface area contributed by atoms with Gasteiger partial charge in [-0.25, -0.2) is 0 Å². The van der Waals surface area contributed by atoms with Gasteiger partial charge in [0.05, 0.1) is 10.9 Å². The number of nitrogens with zero attached hydrogens (tertiary/aromatic N) is 2. The molecule has 0 unspecified atom stereocenters. The van der Waals surface area contributed by atoms with E-state index in [2.05, 4.69) is 0 Å². The van der Waals surface area contributed by atoms with Crippen molar-refractivity contribution < 1.29 is 5.11 Å². The Balaban J connectivity index is 2.73. The molecule has 1 N–H and O–H groups in total. The monoisotopic (exact) mass is 228 g/mol. The summed E-state index contributed by atoms with van der Waals surface area (Å²) in [6.45, 7) is 0. The maximum Gasteiger partial charge on any atom is 0.293 e. The van der Waals surface area contributed by atoms with Gasteiger partial charge in [0.25, 0.3) is 5.56 Å². The van der Waals surface area contributed by atoms with Crippen LogP contribution in [0.25, 0.3) is 21.8 Å². The van der Waals surface area contributed by atoms with E-state index in [0.29, 0.717) is 5.39 Å². The van der Waals surface area contributed by atoms with Gasteiger partial charge in [0, 0.05) is 31.2 Å².